The van der Waals surface area contributed by atoms with Gasteiger partial charge in [-0.15, -0.1) is 0 Å². The number of rotatable bonds is 8. The number of nitrogens with one attached hydrogen (secondary N) is 2. The summed E-state index contributed by atoms with van der Waals surface area (Å²) in [5.41, 5.74) is 1.01. The third-order valence-electron chi connectivity index (χ3n) is 4.91. The van der Waals surface area contributed by atoms with Crippen molar-refractivity contribution >= 4 is 5.96 Å². The highest BCUT2D eigenvalue weighted by Gasteiger charge is 2.34. The normalized spacial score (nSPS) is 21.0. The molecule has 1 saturated heterocycles. The molecule has 28 heavy (non-hydrogen) atoms. The molecule has 0 amide bonds. The number of halogens is 3. The Bertz CT molecular complexity index is 661. The fourth-order valence-electron chi connectivity index (χ4n) is 3.29. The number of ether oxygens (including phenoxy) is 1. The van der Waals surface area contributed by atoms with E-state index in [1.807, 2.05) is 31.2 Å². The number of likely N-dealkylation sites (tertiary alicyclic amines) is 1. The maximum absolute atomic E-state index is 12.6. The van der Waals surface area contributed by atoms with Gasteiger partial charge < -0.3 is 15.4 Å². The largest absolute Gasteiger partial charge is 0.493 e. The van der Waals surface area contributed by atoms with Crippen molar-refractivity contribution < 1.29 is 17.9 Å². The lowest BCUT2D eigenvalue weighted by molar-refractivity contribution is -0.143. The quantitative estimate of drug-likeness (QED) is 0.522. The van der Waals surface area contributed by atoms with E-state index >= 15 is 0 Å². The summed E-state index contributed by atoms with van der Waals surface area (Å²) in [6.07, 6.45) is -1.01. The van der Waals surface area contributed by atoms with Crippen LogP contribution >= 0.6 is 0 Å². The molecule has 0 radical (unpaired) electrons. The summed E-state index contributed by atoms with van der Waals surface area (Å²) < 4.78 is 43.6. The van der Waals surface area contributed by atoms with Gasteiger partial charge in [0.1, 0.15) is 5.75 Å². The predicted molar refractivity (Wildman–Crippen MR) is 104 cm³/mol. The van der Waals surface area contributed by atoms with Crippen molar-refractivity contribution in [3.63, 3.8) is 0 Å². The van der Waals surface area contributed by atoms with Crippen LogP contribution in [0.4, 0.5) is 13.2 Å². The van der Waals surface area contributed by atoms with Crippen molar-refractivity contribution in [1.82, 2.24) is 15.5 Å². The van der Waals surface area contributed by atoms with Gasteiger partial charge in [-0.05, 0) is 38.2 Å². The minimum atomic E-state index is -4.16. The van der Waals surface area contributed by atoms with Gasteiger partial charge in [0, 0.05) is 31.2 Å². The van der Waals surface area contributed by atoms with Crippen LogP contribution in [0.2, 0.25) is 0 Å². The van der Waals surface area contributed by atoms with Gasteiger partial charge in [0.2, 0.25) is 0 Å². The molecule has 156 valence electrons. The zero-order valence-electron chi connectivity index (χ0n) is 16.3. The summed E-state index contributed by atoms with van der Waals surface area (Å²) >= 11 is 0. The molecule has 1 heterocycles. The highest BCUT2D eigenvalue weighted by molar-refractivity contribution is 5.80. The fraction of sp³-hybridized carbons (Fsp3) is 0.650. The van der Waals surface area contributed by atoms with Gasteiger partial charge in [-0.25, -0.2) is 4.99 Å². The Balaban J connectivity index is 1.56. The molecule has 1 aromatic rings. The maximum Gasteiger partial charge on any atom is 0.401 e. The summed E-state index contributed by atoms with van der Waals surface area (Å²) in [7, 11) is 0. The minimum Gasteiger partial charge on any atom is -0.493 e. The summed E-state index contributed by atoms with van der Waals surface area (Å²) in [4.78, 5) is 6.06. The molecule has 1 aliphatic heterocycles. The number of hydrogen-bond acceptors (Lipinski definition) is 3. The summed E-state index contributed by atoms with van der Waals surface area (Å²) in [6.45, 7) is 3.80. The lowest BCUT2D eigenvalue weighted by Gasteiger charge is -2.20. The van der Waals surface area contributed by atoms with Crippen LogP contribution in [0.25, 0.3) is 0 Å². The molecule has 1 atom stereocenters. The smallest absolute Gasteiger partial charge is 0.401 e. The number of nitrogens with zero attached hydrogens (tertiary/aromatic N) is 2. The van der Waals surface area contributed by atoms with Crippen LogP contribution in [0.5, 0.6) is 5.75 Å². The SMILES string of the molecule is CCNC(=NCc1ccccc1OCC1CC1)NC1CCN(CC(F)(F)F)C1. The Morgan fingerprint density at radius 2 is 2.04 bits per heavy atom. The molecule has 1 aromatic carbocycles. The Kier molecular flexibility index (Phi) is 7.04. The molecular weight excluding hydrogens is 369 g/mol. The van der Waals surface area contributed by atoms with Gasteiger partial charge in [0.15, 0.2) is 5.96 Å². The summed E-state index contributed by atoms with van der Waals surface area (Å²) in [5, 5.41) is 6.45. The third-order valence-corrected chi connectivity index (χ3v) is 4.91. The first kappa shape index (κ1) is 20.8. The highest BCUT2D eigenvalue weighted by atomic mass is 19.4. The number of benzene rings is 1. The van der Waals surface area contributed by atoms with E-state index < -0.39 is 12.7 Å². The van der Waals surface area contributed by atoms with E-state index in [2.05, 4.69) is 15.6 Å². The summed E-state index contributed by atoms with van der Waals surface area (Å²) in [5.74, 6) is 2.15. The van der Waals surface area contributed by atoms with E-state index in [4.69, 9.17) is 4.74 Å². The van der Waals surface area contributed by atoms with Gasteiger partial charge in [-0.1, -0.05) is 18.2 Å². The molecule has 2 aliphatic rings. The van der Waals surface area contributed by atoms with E-state index in [1.54, 1.807) is 0 Å². The molecule has 1 saturated carbocycles. The van der Waals surface area contributed by atoms with Crippen molar-refractivity contribution in [1.29, 1.82) is 0 Å². The molecule has 1 aliphatic carbocycles. The van der Waals surface area contributed by atoms with Gasteiger partial charge in [0.25, 0.3) is 0 Å². The first-order chi connectivity index (χ1) is 13.4. The van der Waals surface area contributed by atoms with E-state index in [9.17, 15) is 13.2 Å². The molecular formula is C20H29F3N4O. The monoisotopic (exact) mass is 398 g/mol. The first-order valence-corrected chi connectivity index (χ1v) is 9.97. The molecule has 0 spiro atoms. The third kappa shape index (κ3) is 6.89. The molecule has 3 rings (SSSR count). The van der Waals surface area contributed by atoms with Crippen molar-refractivity contribution in [3.8, 4) is 5.75 Å². The van der Waals surface area contributed by atoms with Crippen molar-refractivity contribution in [3.05, 3.63) is 29.8 Å². The van der Waals surface area contributed by atoms with Crippen LogP contribution in [0.3, 0.4) is 0 Å². The van der Waals surface area contributed by atoms with Crippen LogP contribution in [-0.2, 0) is 6.54 Å². The van der Waals surface area contributed by atoms with Crippen molar-refractivity contribution in [2.24, 2.45) is 10.9 Å². The molecule has 2 fully saturated rings. The maximum atomic E-state index is 12.6. The molecule has 0 bridgehead atoms. The number of hydrogen-bond donors (Lipinski definition) is 2. The number of para-hydroxylation sites is 1. The van der Waals surface area contributed by atoms with Crippen LogP contribution in [0.1, 0.15) is 31.7 Å². The van der Waals surface area contributed by atoms with Crippen molar-refractivity contribution in [2.75, 3.05) is 32.8 Å². The highest BCUT2D eigenvalue weighted by Crippen LogP contribution is 2.30. The number of guanidine groups is 1. The average molecular weight is 398 g/mol. The van der Waals surface area contributed by atoms with Crippen LogP contribution in [0.15, 0.2) is 29.3 Å². The lowest BCUT2D eigenvalue weighted by Crippen LogP contribution is -2.45. The molecule has 1 unspecified atom stereocenters. The second-order valence-electron chi connectivity index (χ2n) is 7.54. The van der Waals surface area contributed by atoms with Crippen LogP contribution in [0, 0.1) is 5.92 Å². The van der Waals surface area contributed by atoms with Gasteiger partial charge >= 0.3 is 6.18 Å². The predicted octanol–water partition coefficient (Wildman–Crippen LogP) is 3.17. The number of aliphatic imine (C=N–C) groups is 1. The Morgan fingerprint density at radius 3 is 2.75 bits per heavy atom. The van der Waals surface area contributed by atoms with E-state index in [0.29, 0.717) is 44.5 Å². The van der Waals surface area contributed by atoms with Gasteiger partial charge in [0.05, 0.1) is 19.7 Å². The van der Waals surface area contributed by atoms with E-state index in [1.165, 1.54) is 17.7 Å². The summed E-state index contributed by atoms with van der Waals surface area (Å²) in [6, 6.07) is 7.82. The van der Waals surface area contributed by atoms with E-state index in [0.717, 1.165) is 17.9 Å². The Morgan fingerprint density at radius 1 is 1.25 bits per heavy atom. The zero-order valence-corrected chi connectivity index (χ0v) is 16.3. The fourth-order valence-corrected chi connectivity index (χ4v) is 3.29. The standard InChI is InChI=1S/C20H29F3N4O/c1-2-24-19(26-17-9-10-27(12-17)14-20(21,22)23)25-11-16-5-3-4-6-18(16)28-13-15-7-8-15/h3-6,15,17H,2,7-14H2,1H3,(H2,24,25,26). The molecule has 0 aromatic heterocycles. The second-order valence-corrected chi connectivity index (χ2v) is 7.54. The lowest BCUT2D eigenvalue weighted by atomic mass is 10.2. The Labute approximate surface area is 164 Å². The minimum absolute atomic E-state index is 0.0403. The first-order valence-electron chi connectivity index (χ1n) is 9.97. The molecule has 5 nitrogen and oxygen atoms in total. The topological polar surface area (TPSA) is 48.9 Å². The van der Waals surface area contributed by atoms with Gasteiger partial charge in [-0.2, -0.15) is 13.2 Å². The molecule has 2 N–H and O–H groups in total. The molecule has 8 heteroatoms. The second kappa shape index (κ2) is 9.49. The number of alkyl halides is 3. The van der Waals surface area contributed by atoms with Crippen LogP contribution < -0.4 is 15.4 Å². The average Bonchev–Trinajstić information content (AvgIpc) is 3.37. The van der Waals surface area contributed by atoms with Crippen LogP contribution in [-0.4, -0.2) is 55.9 Å². The zero-order chi connectivity index (χ0) is 20.0. The van der Waals surface area contributed by atoms with Gasteiger partial charge in [-0.3, -0.25) is 4.90 Å². The Hall–Kier alpha value is -1.96. The van der Waals surface area contributed by atoms with E-state index in [-0.39, 0.29) is 6.04 Å². The van der Waals surface area contributed by atoms with Crippen molar-refractivity contribution in [2.45, 2.75) is 44.9 Å².